The summed E-state index contributed by atoms with van der Waals surface area (Å²) in [6.45, 7) is 5.00. The molecule has 9 heteroatoms. The van der Waals surface area contributed by atoms with Gasteiger partial charge in [-0.2, -0.15) is 4.31 Å². The number of nitrogens with zero attached hydrogens (tertiary/aromatic N) is 1. The van der Waals surface area contributed by atoms with Crippen LogP contribution in [-0.4, -0.2) is 50.7 Å². The summed E-state index contributed by atoms with van der Waals surface area (Å²) in [5.41, 5.74) is 3.56. The molecule has 1 aliphatic rings. The average Bonchev–Trinajstić information content (AvgIpc) is 3.54. The van der Waals surface area contributed by atoms with Crippen molar-refractivity contribution in [2.75, 3.05) is 31.6 Å². The maximum absolute atomic E-state index is 12.8. The van der Waals surface area contributed by atoms with Gasteiger partial charge < -0.3 is 10.1 Å². The predicted octanol–water partition coefficient (Wildman–Crippen LogP) is 4.98. The molecule has 4 rings (SSSR count). The third kappa shape index (κ3) is 5.47. The van der Waals surface area contributed by atoms with Crippen molar-refractivity contribution in [2.24, 2.45) is 0 Å². The van der Waals surface area contributed by atoms with Crippen LogP contribution in [0.5, 0.6) is 0 Å². The number of aryl methyl sites for hydroxylation is 1. The van der Waals surface area contributed by atoms with Crippen molar-refractivity contribution in [3.8, 4) is 11.1 Å². The van der Waals surface area contributed by atoms with Gasteiger partial charge in [-0.15, -0.1) is 11.3 Å². The number of ether oxygens (including phenoxy) is 1. The minimum Gasteiger partial charge on any atom is -0.462 e. The maximum atomic E-state index is 12.8. The lowest BCUT2D eigenvalue weighted by Crippen LogP contribution is -2.27. The van der Waals surface area contributed by atoms with Crippen molar-refractivity contribution in [1.82, 2.24) is 4.31 Å². The van der Waals surface area contributed by atoms with Gasteiger partial charge in [0.2, 0.25) is 10.0 Å². The minimum atomic E-state index is -3.53. The van der Waals surface area contributed by atoms with Gasteiger partial charge in [0, 0.05) is 29.6 Å². The Morgan fingerprint density at radius 2 is 1.69 bits per heavy atom. The molecule has 0 unspecified atom stereocenters. The first-order valence-electron chi connectivity index (χ1n) is 11.5. The van der Waals surface area contributed by atoms with Crippen LogP contribution in [0.1, 0.15) is 46.0 Å². The van der Waals surface area contributed by atoms with Crippen molar-refractivity contribution < 1.29 is 22.7 Å². The number of anilines is 1. The predicted molar refractivity (Wildman–Crippen MR) is 138 cm³/mol. The number of rotatable bonds is 9. The second-order valence-electron chi connectivity index (χ2n) is 8.35. The van der Waals surface area contributed by atoms with Crippen molar-refractivity contribution in [3.05, 3.63) is 70.6 Å². The van der Waals surface area contributed by atoms with Gasteiger partial charge in [-0.25, -0.2) is 13.2 Å². The molecule has 35 heavy (non-hydrogen) atoms. The molecule has 3 aromatic rings. The number of benzene rings is 2. The number of ketones is 1. The van der Waals surface area contributed by atoms with Gasteiger partial charge in [0.1, 0.15) is 10.6 Å². The minimum absolute atomic E-state index is 0.0432. The monoisotopic (exact) mass is 512 g/mol. The Morgan fingerprint density at radius 3 is 2.31 bits per heavy atom. The molecule has 1 fully saturated rings. The highest BCUT2D eigenvalue weighted by Crippen LogP contribution is 2.36. The Labute approximate surface area is 209 Å². The van der Waals surface area contributed by atoms with Gasteiger partial charge in [-0.05, 0) is 56.5 Å². The van der Waals surface area contributed by atoms with Crippen LogP contribution in [0.15, 0.2) is 58.8 Å². The fourth-order valence-electron chi connectivity index (χ4n) is 3.99. The molecule has 0 radical (unpaired) electrons. The first-order chi connectivity index (χ1) is 16.8. The summed E-state index contributed by atoms with van der Waals surface area (Å²) in [6, 6.07) is 13.9. The highest BCUT2D eigenvalue weighted by molar-refractivity contribution is 7.89. The number of esters is 1. The smallest absolute Gasteiger partial charge is 0.341 e. The second kappa shape index (κ2) is 10.7. The van der Waals surface area contributed by atoms with Crippen LogP contribution in [0.4, 0.5) is 5.00 Å². The fraction of sp³-hybridized carbons (Fsp3) is 0.308. The second-order valence-corrected chi connectivity index (χ2v) is 11.2. The Kier molecular flexibility index (Phi) is 7.69. The van der Waals surface area contributed by atoms with E-state index in [2.05, 4.69) is 5.32 Å². The number of carbonyl (C=O) groups is 2. The number of carbonyl (C=O) groups excluding carboxylic acids is 2. The van der Waals surface area contributed by atoms with E-state index in [0.29, 0.717) is 29.2 Å². The molecule has 1 saturated heterocycles. The summed E-state index contributed by atoms with van der Waals surface area (Å²) in [5, 5.41) is 5.52. The molecule has 0 spiro atoms. The zero-order chi connectivity index (χ0) is 25.0. The van der Waals surface area contributed by atoms with Crippen LogP contribution in [0.2, 0.25) is 0 Å². The van der Waals surface area contributed by atoms with Gasteiger partial charge in [0.05, 0.1) is 18.0 Å². The van der Waals surface area contributed by atoms with E-state index in [-0.39, 0.29) is 23.8 Å². The summed E-state index contributed by atoms with van der Waals surface area (Å²) < 4.78 is 32.2. The standard InChI is InChI=1S/C26H28N2O5S2/c1-3-33-26(30)24-22(19-8-6-18(2)7-9-19)17-34-25(24)27-16-23(29)20-10-12-21(13-11-20)35(31,32)28-14-4-5-15-28/h6-13,17,27H,3-5,14-16H2,1-2H3. The third-order valence-electron chi connectivity index (χ3n) is 5.92. The van der Waals surface area contributed by atoms with E-state index < -0.39 is 16.0 Å². The average molecular weight is 513 g/mol. The van der Waals surface area contributed by atoms with Crippen LogP contribution >= 0.6 is 11.3 Å². The van der Waals surface area contributed by atoms with E-state index in [4.69, 9.17) is 4.74 Å². The molecule has 1 aromatic heterocycles. The maximum Gasteiger partial charge on any atom is 0.341 e. The van der Waals surface area contributed by atoms with Crippen molar-refractivity contribution in [3.63, 3.8) is 0 Å². The molecule has 7 nitrogen and oxygen atoms in total. The van der Waals surface area contributed by atoms with Gasteiger partial charge in [0.15, 0.2) is 5.78 Å². The summed E-state index contributed by atoms with van der Waals surface area (Å²) in [4.78, 5) is 25.8. The molecule has 2 aromatic carbocycles. The largest absolute Gasteiger partial charge is 0.462 e. The van der Waals surface area contributed by atoms with Crippen LogP contribution in [0.25, 0.3) is 11.1 Å². The number of hydrogen-bond acceptors (Lipinski definition) is 7. The van der Waals surface area contributed by atoms with E-state index in [9.17, 15) is 18.0 Å². The zero-order valence-electron chi connectivity index (χ0n) is 19.7. The van der Waals surface area contributed by atoms with Gasteiger partial charge in [-0.3, -0.25) is 4.79 Å². The number of nitrogens with one attached hydrogen (secondary N) is 1. The highest BCUT2D eigenvalue weighted by Gasteiger charge is 2.27. The fourth-order valence-corrected chi connectivity index (χ4v) is 6.47. The summed E-state index contributed by atoms with van der Waals surface area (Å²) in [5.74, 6) is -0.661. The van der Waals surface area contributed by atoms with Crippen LogP contribution in [0.3, 0.4) is 0 Å². The molecule has 1 aliphatic heterocycles. The highest BCUT2D eigenvalue weighted by atomic mass is 32.2. The molecular formula is C26H28N2O5S2. The van der Waals surface area contributed by atoms with Gasteiger partial charge in [-0.1, -0.05) is 29.8 Å². The Morgan fingerprint density at radius 1 is 1.03 bits per heavy atom. The normalized spacial score (nSPS) is 14.1. The van der Waals surface area contributed by atoms with Crippen molar-refractivity contribution in [2.45, 2.75) is 31.6 Å². The Bertz CT molecular complexity index is 1310. The molecule has 0 bridgehead atoms. The van der Waals surface area contributed by atoms with Crippen LogP contribution in [0, 0.1) is 6.92 Å². The molecule has 184 valence electrons. The Hall–Kier alpha value is -3.01. The lowest BCUT2D eigenvalue weighted by atomic mass is 10.0. The SMILES string of the molecule is CCOC(=O)c1c(-c2ccc(C)cc2)csc1NCC(=O)c1ccc(S(=O)(=O)N2CCCC2)cc1. The molecule has 0 amide bonds. The molecule has 0 atom stereocenters. The third-order valence-corrected chi connectivity index (χ3v) is 8.77. The van der Waals surface area contributed by atoms with Crippen LogP contribution in [-0.2, 0) is 14.8 Å². The van der Waals surface area contributed by atoms with Crippen molar-refractivity contribution >= 4 is 38.1 Å². The molecular weight excluding hydrogens is 484 g/mol. The van der Waals surface area contributed by atoms with Crippen LogP contribution < -0.4 is 5.32 Å². The van der Waals surface area contributed by atoms with E-state index in [0.717, 1.165) is 29.5 Å². The van der Waals surface area contributed by atoms with Gasteiger partial charge >= 0.3 is 5.97 Å². The number of Topliss-reactive ketones (excluding diaryl/α,β-unsaturated/α-hetero) is 1. The van der Waals surface area contributed by atoms with E-state index in [1.54, 1.807) is 6.92 Å². The van der Waals surface area contributed by atoms with E-state index in [1.807, 2.05) is 36.6 Å². The first-order valence-corrected chi connectivity index (χ1v) is 13.9. The summed E-state index contributed by atoms with van der Waals surface area (Å²) in [7, 11) is -3.53. The number of hydrogen-bond donors (Lipinski definition) is 1. The zero-order valence-corrected chi connectivity index (χ0v) is 21.4. The molecule has 0 saturated carbocycles. The molecule has 2 heterocycles. The van der Waals surface area contributed by atoms with Gasteiger partial charge in [0.25, 0.3) is 0 Å². The van der Waals surface area contributed by atoms with E-state index >= 15 is 0 Å². The Balaban J connectivity index is 1.50. The van der Waals surface area contributed by atoms with E-state index in [1.165, 1.54) is 39.9 Å². The molecule has 1 N–H and O–H groups in total. The number of sulfonamides is 1. The molecule has 0 aliphatic carbocycles. The van der Waals surface area contributed by atoms with Crippen molar-refractivity contribution in [1.29, 1.82) is 0 Å². The first kappa shape index (κ1) is 25.1. The topological polar surface area (TPSA) is 92.8 Å². The summed E-state index contributed by atoms with van der Waals surface area (Å²) >= 11 is 1.34. The lowest BCUT2D eigenvalue weighted by Gasteiger charge is -2.15. The quantitative estimate of drug-likeness (QED) is 0.321. The number of thiophene rings is 1. The lowest BCUT2D eigenvalue weighted by molar-refractivity contribution is 0.0528. The summed E-state index contributed by atoms with van der Waals surface area (Å²) in [6.07, 6.45) is 1.73.